The van der Waals surface area contributed by atoms with E-state index in [0.29, 0.717) is 19.1 Å². The lowest BCUT2D eigenvalue weighted by Gasteiger charge is -2.12. The fourth-order valence-corrected chi connectivity index (χ4v) is 2.82. The standard InChI is InChI=1S/C21H23ClN4O/c1-27-13-7-12-23-21-25-19(16-8-3-2-4-9-16)14-20(26-21)24-15-17-10-5-6-11-18(17)22/h2-6,8-11,14H,7,12-13,15H2,1H3,(H2,23,24,25,26). The summed E-state index contributed by atoms with van der Waals surface area (Å²) in [5.74, 6) is 1.34. The average Bonchev–Trinajstić information content (AvgIpc) is 2.71. The van der Waals surface area contributed by atoms with Crippen molar-refractivity contribution in [3.05, 3.63) is 71.2 Å². The summed E-state index contributed by atoms with van der Waals surface area (Å²) in [7, 11) is 1.70. The van der Waals surface area contributed by atoms with E-state index < -0.39 is 0 Å². The van der Waals surface area contributed by atoms with E-state index in [4.69, 9.17) is 16.3 Å². The first-order valence-corrected chi connectivity index (χ1v) is 9.28. The third kappa shape index (κ3) is 5.67. The molecule has 0 radical (unpaired) electrons. The van der Waals surface area contributed by atoms with Crippen LogP contribution in [0.15, 0.2) is 60.7 Å². The summed E-state index contributed by atoms with van der Waals surface area (Å²) in [6.45, 7) is 2.03. The van der Waals surface area contributed by atoms with Gasteiger partial charge in [0.25, 0.3) is 0 Å². The van der Waals surface area contributed by atoms with Crippen LogP contribution in [0.2, 0.25) is 5.02 Å². The summed E-state index contributed by atoms with van der Waals surface area (Å²) >= 11 is 6.25. The number of ether oxygens (including phenoxy) is 1. The molecule has 0 atom stereocenters. The first kappa shape index (κ1) is 19.1. The second kappa shape index (κ2) is 9.90. The molecule has 6 heteroatoms. The number of halogens is 1. The summed E-state index contributed by atoms with van der Waals surface area (Å²) in [6.07, 6.45) is 0.887. The minimum atomic E-state index is 0.591. The van der Waals surface area contributed by atoms with Gasteiger partial charge in [-0.25, -0.2) is 4.98 Å². The minimum Gasteiger partial charge on any atom is -0.385 e. The van der Waals surface area contributed by atoms with Gasteiger partial charge >= 0.3 is 0 Å². The number of nitrogens with one attached hydrogen (secondary N) is 2. The van der Waals surface area contributed by atoms with Crippen molar-refractivity contribution < 1.29 is 4.74 Å². The number of methoxy groups -OCH3 is 1. The number of nitrogens with zero attached hydrogens (tertiary/aromatic N) is 2. The smallest absolute Gasteiger partial charge is 0.225 e. The van der Waals surface area contributed by atoms with Crippen LogP contribution in [0.25, 0.3) is 11.3 Å². The van der Waals surface area contributed by atoms with Crippen LogP contribution in [0.1, 0.15) is 12.0 Å². The number of rotatable bonds is 9. The molecule has 0 aliphatic carbocycles. The third-order valence-electron chi connectivity index (χ3n) is 4.02. The fraction of sp³-hybridized carbons (Fsp3) is 0.238. The van der Waals surface area contributed by atoms with Crippen LogP contribution in [0.4, 0.5) is 11.8 Å². The molecule has 140 valence electrons. The highest BCUT2D eigenvalue weighted by Crippen LogP contribution is 2.22. The van der Waals surface area contributed by atoms with Crippen molar-refractivity contribution in [3.63, 3.8) is 0 Å². The molecule has 1 aromatic heterocycles. The highest BCUT2D eigenvalue weighted by molar-refractivity contribution is 6.31. The zero-order valence-electron chi connectivity index (χ0n) is 15.3. The predicted octanol–water partition coefficient (Wildman–Crippen LogP) is 4.86. The number of hydrogen-bond acceptors (Lipinski definition) is 5. The lowest BCUT2D eigenvalue weighted by molar-refractivity contribution is 0.197. The Bertz CT molecular complexity index is 858. The normalized spacial score (nSPS) is 10.6. The molecular formula is C21H23ClN4O. The van der Waals surface area contributed by atoms with Gasteiger partial charge in [0.15, 0.2) is 0 Å². The van der Waals surface area contributed by atoms with E-state index in [1.165, 1.54) is 0 Å². The summed E-state index contributed by atoms with van der Waals surface area (Å²) < 4.78 is 5.09. The molecule has 3 rings (SSSR count). The molecule has 2 N–H and O–H groups in total. The number of anilines is 2. The van der Waals surface area contributed by atoms with Gasteiger partial charge in [0.1, 0.15) is 5.82 Å². The molecule has 0 bridgehead atoms. The van der Waals surface area contributed by atoms with E-state index in [1.807, 2.05) is 60.7 Å². The van der Waals surface area contributed by atoms with Crippen molar-refractivity contribution in [1.82, 2.24) is 9.97 Å². The Hall–Kier alpha value is -2.63. The maximum Gasteiger partial charge on any atom is 0.225 e. The van der Waals surface area contributed by atoms with Gasteiger partial charge in [-0.1, -0.05) is 60.1 Å². The molecule has 0 aliphatic rings. The summed E-state index contributed by atoms with van der Waals surface area (Å²) in [5.41, 5.74) is 2.93. The Morgan fingerprint density at radius 1 is 0.963 bits per heavy atom. The van der Waals surface area contributed by atoms with E-state index in [-0.39, 0.29) is 0 Å². The summed E-state index contributed by atoms with van der Waals surface area (Å²) in [5, 5.41) is 7.36. The largest absolute Gasteiger partial charge is 0.385 e. The third-order valence-corrected chi connectivity index (χ3v) is 4.39. The Morgan fingerprint density at radius 3 is 2.52 bits per heavy atom. The van der Waals surface area contributed by atoms with Crippen LogP contribution in [0.3, 0.4) is 0 Å². The van der Waals surface area contributed by atoms with Crippen LogP contribution >= 0.6 is 11.6 Å². The SMILES string of the molecule is COCCCNc1nc(NCc2ccccc2Cl)cc(-c2ccccc2)n1. The maximum atomic E-state index is 6.25. The Kier molecular flexibility index (Phi) is 7.02. The van der Waals surface area contributed by atoms with Crippen molar-refractivity contribution in [2.24, 2.45) is 0 Å². The van der Waals surface area contributed by atoms with Crippen LogP contribution in [0.5, 0.6) is 0 Å². The molecule has 0 spiro atoms. The molecule has 0 unspecified atom stereocenters. The lowest BCUT2D eigenvalue weighted by atomic mass is 10.1. The number of benzene rings is 2. The minimum absolute atomic E-state index is 0.591. The van der Waals surface area contributed by atoms with Gasteiger partial charge in [-0.15, -0.1) is 0 Å². The summed E-state index contributed by atoms with van der Waals surface area (Å²) in [6, 6.07) is 19.8. The van der Waals surface area contributed by atoms with Crippen molar-refractivity contribution in [3.8, 4) is 11.3 Å². The molecule has 3 aromatic rings. The second-order valence-corrected chi connectivity index (χ2v) is 6.45. The van der Waals surface area contributed by atoms with Crippen LogP contribution in [-0.4, -0.2) is 30.2 Å². The molecule has 1 heterocycles. The van der Waals surface area contributed by atoms with E-state index >= 15 is 0 Å². The Morgan fingerprint density at radius 2 is 1.74 bits per heavy atom. The zero-order chi connectivity index (χ0) is 18.9. The quantitative estimate of drug-likeness (QED) is 0.517. The molecule has 0 amide bonds. The molecule has 0 aliphatic heterocycles. The molecular weight excluding hydrogens is 360 g/mol. The number of aromatic nitrogens is 2. The van der Waals surface area contributed by atoms with Gasteiger partial charge in [-0.2, -0.15) is 4.98 Å². The van der Waals surface area contributed by atoms with E-state index in [1.54, 1.807) is 7.11 Å². The highest BCUT2D eigenvalue weighted by atomic mass is 35.5. The first-order valence-electron chi connectivity index (χ1n) is 8.91. The van der Waals surface area contributed by atoms with Gasteiger partial charge in [0.05, 0.1) is 5.69 Å². The Labute approximate surface area is 164 Å². The van der Waals surface area contributed by atoms with Gasteiger partial charge in [-0.05, 0) is 18.1 Å². The Balaban J connectivity index is 1.79. The predicted molar refractivity (Wildman–Crippen MR) is 111 cm³/mol. The van der Waals surface area contributed by atoms with Gasteiger partial charge in [0, 0.05) is 43.5 Å². The van der Waals surface area contributed by atoms with E-state index in [9.17, 15) is 0 Å². The number of hydrogen-bond donors (Lipinski definition) is 2. The van der Waals surface area contributed by atoms with E-state index in [0.717, 1.165) is 40.6 Å². The van der Waals surface area contributed by atoms with Gasteiger partial charge in [0.2, 0.25) is 5.95 Å². The zero-order valence-corrected chi connectivity index (χ0v) is 16.0. The molecule has 0 saturated carbocycles. The molecule has 0 fully saturated rings. The molecule has 27 heavy (non-hydrogen) atoms. The van der Waals surface area contributed by atoms with Crippen molar-refractivity contribution in [2.75, 3.05) is 30.9 Å². The van der Waals surface area contributed by atoms with E-state index in [2.05, 4.69) is 20.6 Å². The fourth-order valence-electron chi connectivity index (χ4n) is 2.62. The summed E-state index contributed by atoms with van der Waals surface area (Å²) in [4.78, 5) is 9.23. The molecule has 5 nitrogen and oxygen atoms in total. The van der Waals surface area contributed by atoms with Crippen molar-refractivity contribution in [2.45, 2.75) is 13.0 Å². The first-order chi connectivity index (χ1) is 13.3. The lowest BCUT2D eigenvalue weighted by Crippen LogP contribution is -2.10. The monoisotopic (exact) mass is 382 g/mol. The van der Waals surface area contributed by atoms with Crippen molar-refractivity contribution in [1.29, 1.82) is 0 Å². The molecule has 2 aromatic carbocycles. The highest BCUT2D eigenvalue weighted by Gasteiger charge is 2.07. The second-order valence-electron chi connectivity index (χ2n) is 6.05. The maximum absolute atomic E-state index is 6.25. The van der Waals surface area contributed by atoms with Crippen LogP contribution in [-0.2, 0) is 11.3 Å². The topological polar surface area (TPSA) is 59.1 Å². The van der Waals surface area contributed by atoms with Crippen molar-refractivity contribution >= 4 is 23.4 Å². The van der Waals surface area contributed by atoms with Crippen LogP contribution in [0, 0.1) is 0 Å². The van der Waals surface area contributed by atoms with Gasteiger partial charge in [-0.3, -0.25) is 0 Å². The average molecular weight is 383 g/mol. The molecule has 0 saturated heterocycles. The van der Waals surface area contributed by atoms with Gasteiger partial charge < -0.3 is 15.4 Å². The van der Waals surface area contributed by atoms with Crippen LogP contribution < -0.4 is 10.6 Å².